The van der Waals surface area contributed by atoms with E-state index in [1.807, 2.05) is 0 Å². The van der Waals surface area contributed by atoms with E-state index in [1.165, 1.54) is 66.7 Å². The minimum absolute atomic E-state index is 0.0245. The van der Waals surface area contributed by atoms with Gasteiger partial charge >= 0.3 is 60.7 Å². The number of hydrogen-bond acceptors (Lipinski definition) is 15. The van der Waals surface area contributed by atoms with Gasteiger partial charge in [-0.1, -0.05) is 177 Å². The van der Waals surface area contributed by atoms with Gasteiger partial charge in [-0.05, 0) is 57.1 Å². The maximum Gasteiger partial charge on any atom is 0.432 e. The molecule has 30 heteroatoms. The summed E-state index contributed by atoms with van der Waals surface area (Å²) in [7, 11) is 2.94. The molecule has 0 bridgehead atoms. The lowest BCUT2D eigenvalue weighted by Crippen LogP contribution is -2.52. The molecule has 15 nitrogen and oxygen atoms in total. The molecule has 5 rings (SSSR count). The third-order valence-electron chi connectivity index (χ3n) is 15.9. The lowest BCUT2D eigenvalue weighted by molar-refractivity contribution is -0.279. The van der Waals surface area contributed by atoms with Crippen LogP contribution in [0.1, 0.15) is 92.0 Å². The number of rotatable bonds is 36. The fourth-order valence-corrected chi connectivity index (χ4v) is 10.8. The maximum absolute atomic E-state index is 15.3. The Hall–Kier alpha value is -8.32. The van der Waals surface area contributed by atoms with Gasteiger partial charge in [0.05, 0.1) is 13.2 Å². The molecular formula is C69H71F15O15. The second-order valence-electron chi connectivity index (χ2n) is 21.9. The molecule has 0 radical (unpaired) electrons. The summed E-state index contributed by atoms with van der Waals surface area (Å²) in [6.45, 7) is -1.44. The number of esters is 5. The Balaban J connectivity index is 1.50. The molecule has 0 saturated heterocycles. The van der Waals surface area contributed by atoms with Gasteiger partial charge in [0.1, 0.15) is 18.3 Å². The average Bonchev–Trinajstić information content (AvgIpc) is 0.794. The van der Waals surface area contributed by atoms with Crippen LogP contribution in [0.25, 0.3) is 0 Å². The fourth-order valence-electron chi connectivity index (χ4n) is 10.8. The van der Waals surface area contributed by atoms with E-state index in [1.54, 1.807) is 0 Å². The molecule has 542 valence electrons. The first-order valence-electron chi connectivity index (χ1n) is 30.3. The van der Waals surface area contributed by atoms with Crippen LogP contribution in [0.4, 0.5) is 65.9 Å². The van der Waals surface area contributed by atoms with Crippen LogP contribution in [0.15, 0.2) is 176 Å². The van der Waals surface area contributed by atoms with E-state index in [0.29, 0.717) is 35.5 Å². The number of alkyl halides is 15. The first-order chi connectivity index (χ1) is 46.6. The summed E-state index contributed by atoms with van der Waals surface area (Å²) < 4.78 is 275. The van der Waals surface area contributed by atoms with Gasteiger partial charge in [-0.15, -0.1) is 0 Å². The highest BCUT2D eigenvalue weighted by molar-refractivity contribution is 5.85. The summed E-state index contributed by atoms with van der Waals surface area (Å²) in [5, 5.41) is 0. The van der Waals surface area contributed by atoms with Crippen molar-refractivity contribution in [2.75, 3.05) is 48.8 Å². The van der Waals surface area contributed by atoms with E-state index in [4.69, 9.17) is 47.4 Å². The predicted octanol–water partition coefficient (Wildman–Crippen LogP) is 15.3. The van der Waals surface area contributed by atoms with Crippen LogP contribution in [0, 0.1) is 0 Å². The summed E-state index contributed by atoms with van der Waals surface area (Å²) in [5.74, 6) is -9.91. The van der Waals surface area contributed by atoms with Crippen LogP contribution in [-0.4, -0.2) is 128 Å². The maximum atomic E-state index is 15.3. The van der Waals surface area contributed by atoms with Gasteiger partial charge in [0.25, 0.3) is 28.0 Å². The molecule has 0 aliphatic carbocycles. The van der Waals surface area contributed by atoms with E-state index in [2.05, 4.69) is 0 Å². The van der Waals surface area contributed by atoms with Crippen molar-refractivity contribution in [2.45, 2.75) is 141 Å². The van der Waals surface area contributed by atoms with Gasteiger partial charge in [0.15, 0.2) is 0 Å². The zero-order valence-corrected chi connectivity index (χ0v) is 53.8. The Bertz CT molecular complexity index is 3410. The number of carbonyl (C=O) groups is 5. The van der Waals surface area contributed by atoms with Gasteiger partial charge in [0.2, 0.25) is 0 Å². The molecule has 0 heterocycles. The summed E-state index contributed by atoms with van der Waals surface area (Å²) in [6, 6.07) is 27.8. The molecule has 0 aliphatic heterocycles. The minimum atomic E-state index is -5.59. The van der Waals surface area contributed by atoms with Gasteiger partial charge in [0, 0.05) is 69.8 Å². The summed E-state index contributed by atoms with van der Waals surface area (Å²) in [6.07, 6.45) is -32.0. The molecule has 0 unspecified atom stereocenters. The molecule has 99 heavy (non-hydrogen) atoms. The fraction of sp³-hybridized carbons (Fsp3) is 0.435. The van der Waals surface area contributed by atoms with Crippen molar-refractivity contribution in [3.63, 3.8) is 0 Å². The quantitative estimate of drug-likeness (QED) is 0.0122. The molecule has 0 amide bonds. The van der Waals surface area contributed by atoms with E-state index in [-0.39, 0.29) is 32.1 Å². The van der Waals surface area contributed by atoms with E-state index >= 15 is 39.5 Å². The first kappa shape index (κ1) is 81.4. The zero-order chi connectivity index (χ0) is 73.6. The highest BCUT2D eigenvalue weighted by atomic mass is 19.4. The topological polar surface area (TPSA) is 178 Å². The molecule has 5 aromatic rings. The van der Waals surface area contributed by atoms with Crippen molar-refractivity contribution in [1.82, 2.24) is 0 Å². The van der Waals surface area contributed by atoms with Crippen molar-refractivity contribution in [1.29, 1.82) is 0 Å². The molecule has 0 fully saturated rings. The van der Waals surface area contributed by atoms with Crippen LogP contribution < -0.4 is 0 Å². The summed E-state index contributed by atoms with van der Waals surface area (Å²) in [4.78, 5) is 68.7. The average molecular weight is 1430 g/mol. The van der Waals surface area contributed by atoms with Crippen LogP contribution in [0.2, 0.25) is 0 Å². The highest BCUT2D eigenvalue weighted by Crippen LogP contribution is 2.48. The standard InChI is InChI=1S/C69H71F15O15/c1-90-60(65(70,71)72,47-29-13-8-14-30-47)55(85)95-45-25-7-6-23-39-52(97-57(87)62(92-3,67(76,77)78)49-33-17-10-18-34-49)41-27-43-54(99-59(89)64(94-5,69(82,83)84)51-37-21-12-22-38-51)44-28-42-53(98-58(88)63(93-4,68(79,80)81)50-35-19-11-20-36-50)40-24-26-46-96-56(86)61(91-2,66(73,74)75)48-31-15-9-16-32-48/h8-22,24,28-38,40,44,52-54H,6-7,23,25-27,39,41-43,45-46H2,1-5H3/b40-24+,44-28+/t52-,53+,54-,60+,61+,62+,63+,64+/m1/s1. The second-order valence-corrected chi connectivity index (χ2v) is 21.9. The Morgan fingerprint density at radius 2 is 0.606 bits per heavy atom. The largest absolute Gasteiger partial charge is 0.463 e. The SMILES string of the molecule is CO[C@](C(=O)OCC/C=C/[C@@H](C/C=C/[C@@H](CCC[C@@H](CCCCCCOC(=O)[C@@](OC)(c1ccccc1)C(F)(F)F)OC(=O)[C@@](OC)(c1ccccc1)C(F)(F)F)OC(=O)[C@@](OC)(c1ccccc1)C(F)(F)F)OC(=O)[C@@](OC)(c1ccccc1)C(F)(F)F)(c1ccccc1)C(F)(F)F. The van der Waals surface area contributed by atoms with E-state index in [0.717, 1.165) is 109 Å². The van der Waals surface area contributed by atoms with Crippen LogP contribution in [0.3, 0.4) is 0 Å². The van der Waals surface area contributed by atoms with Crippen LogP contribution >= 0.6 is 0 Å². The summed E-state index contributed by atoms with van der Waals surface area (Å²) in [5.41, 5.74) is -22.2. The second kappa shape index (κ2) is 35.1. The lowest BCUT2D eigenvalue weighted by atomic mass is 9.92. The normalized spacial score (nSPS) is 16.6. The molecule has 0 saturated carbocycles. The molecule has 8 atom stereocenters. The Morgan fingerprint density at radius 1 is 0.323 bits per heavy atom. The number of carbonyl (C=O) groups excluding carboxylic acids is 5. The van der Waals surface area contributed by atoms with Gasteiger partial charge in [-0.2, -0.15) is 65.9 Å². The molecule has 0 spiro atoms. The van der Waals surface area contributed by atoms with E-state index < -0.39 is 180 Å². The molecule has 5 aromatic carbocycles. The molecular weight excluding hydrogens is 1350 g/mol. The van der Waals surface area contributed by atoms with E-state index in [9.17, 15) is 50.3 Å². The molecule has 0 aromatic heterocycles. The number of benzene rings is 5. The van der Waals surface area contributed by atoms with Crippen molar-refractivity contribution in [2.24, 2.45) is 0 Å². The van der Waals surface area contributed by atoms with Crippen molar-refractivity contribution in [3.05, 3.63) is 204 Å². The molecule has 0 N–H and O–H groups in total. The van der Waals surface area contributed by atoms with Crippen LogP contribution in [-0.2, 0) is 99.3 Å². The first-order valence-corrected chi connectivity index (χ1v) is 30.3. The number of methoxy groups -OCH3 is 5. The smallest absolute Gasteiger partial charge is 0.432 e. The van der Waals surface area contributed by atoms with Crippen LogP contribution in [0.5, 0.6) is 0 Å². The number of unbranched alkanes of at least 4 members (excludes halogenated alkanes) is 3. The number of halogens is 15. The molecule has 0 aliphatic rings. The monoisotopic (exact) mass is 1420 g/mol. The lowest BCUT2D eigenvalue weighted by Gasteiger charge is -2.34. The van der Waals surface area contributed by atoms with Crippen molar-refractivity contribution >= 4 is 29.8 Å². The van der Waals surface area contributed by atoms with Gasteiger partial charge < -0.3 is 47.4 Å². The predicted molar refractivity (Wildman–Crippen MR) is 322 cm³/mol. The third kappa shape index (κ3) is 18.4. The highest BCUT2D eigenvalue weighted by Gasteiger charge is 2.68. The zero-order valence-electron chi connectivity index (χ0n) is 53.8. The third-order valence-corrected chi connectivity index (χ3v) is 15.9. The number of hydrogen-bond donors (Lipinski definition) is 0. The van der Waals surface area contributed by atoms with Crippen molar-refractivity contribution in [3.8, 4) is 0 Å². The number of ether oxygens (including phenoxy) is 10. The van der Waals surface area contributed by atoms with Gasteiger partial charge in [-0.3, -0.25) is 0 Å². The Labute approximate surface area is 559 Å². The van der Waals surface area contributed by atoms with Crippen molar-refractivity contribution < 1.29 is 137 Å². The summed E-state index contributed by atoms with van der Waals surface area (Å²) >= 11 is 0. The Morgan fingerprint density at radius 3 is 0.939 bits per heavy atom. The minimum Gasteiger partial charge on any atom is -0.463 e. The van der Waals surface area contributed by atoms with Gasteiger partial charge in [-0.25, -0.2) is 24.0 Å². The Kier molecular flexibility index (Phi) is 28.9.